The Morgan fingerprint density at radius 2 is 2.36 bits per heavy atom. The Morgan fingerprint density at radius 3 is 2.73 bits per heavy atom. The Balaban J connectivity index is 2.97. The van der Waals surface area contributed by atoms with Crippen molar-refractivity contribution >= 4 is 21.6 Å². The van der Waals surface area contributed by atoms with Crippen LogP contribution in [-0.4, -0.2) is 13.4 Å². The van der Waals surface area contributed by atoms with E-state index in [0.717, 1.165) is 11.3 Å². The van der Waals surface area contributed by atoms with Gasteiger partial charge in [-0.15, -0.1) is 15.2 Å². The van der Waals surface area contributed by atoms with E-state index in [2.05, 4.69) is 4.98 Å². The van der Waals surface area contributed by atoms with E-state index in [9.17, 15) is 12.3 Å². The molecule has 1 aromatic rings. The van der Waals surface area contributed by atoms with Gasteiger partial charge in [0.25, 0.3) is 0 Å². The SMILES string of the molecule is CC(c1nccs1)S(=O)(=O)F. The molecule has 0 aliphatic heterocycles. The third kappa shape index (κ3) is 1.97. The van der Waals surface area contributed by atoms with E-state index in [0.29, 0.717) is 0 Å². The lowest BCUT2D eigenvalue weighted by atomic mass is 10.5. The summed E-state index contributed by atoms with van der Waals surface area (Å²) < 4.78 is 32.9. The molecule has 0 aliphatic carbocycles. The van der Waals surface area contributed by atoms with Crippen LogP contribution in [0.1, 0.15) is 17.2 Å². The van der Waals surface area contributed by atoms with Crippen LogP contribution >= 0.6 is 11.3 Å². The molecule has 6 heteroatoms. The summed E-state index contributed by atoms with van der Waals surface area (Å²) in [5.41, 5.74) is 0. The van der Waals surface area contributed by atoms with E-state index in [1.54, 1.807) is 5.38 Å². The zero-order valence-corrected chi connectivity index (χ0v) is 7.32. The minimum Gasteiger partial charge on any atom is -0.248 e. The van der Waals surface area contributed by atoms with Crippen molar-refractivity contribution in [1.29, 1.82) is 0 Å². The molecule has 1 heterocycles. The Hall–Kier alpha value is -0.490. The predicted molar refractivity (Wildman–Crippen MR) is 40.6 cm³/mol. The molecule has 1 aromatic heterocycles. The van der Waals surface area contributed by atoms with Gasteiger partial charge in [0.1, 0.15) is 10.3 Å². The lowest BCUT2D eigenvalue weighted by molar-refractivity contribution is 0.540. The van der Waals surface area contributed by atoms with Crippen molar-refractivity contribution in [2.75, 3.05) is 0 Å². The molecule has 0 bridgehead atoms. The maximum Gasteiger partial charge on any atom is 0.311 e. The summed E-state index contributed by atoms with van der Waals surface area (Å²) in [6.07, 6.45) is 1.45. The highest BCUT2D eigenvalue weighted by Crippen LogP contribution is 2.24. The van der Waals surface area contributed by atoms with Gasteiger partial charge in [-0.05, 0) is 6.92 Å². The van der Waals surface area contributed by atoms with Crippen LogP contribution in [-0.2, 0) is 10.2 Å². The van der Waals surface area contributed by atoms with E-state index >= 15 is 0 Å². The normalized spacial score (nSPS) is 14.7. The van der Waals surface area contributed by atoms with Gasteiger partial charge in [-0.3, -0.25) is 0 Å². The molecule has 0 saturated carbocycles. The van der Waals surface area contributed by atoms with E-state index in [4.69, 9.17) is 0 Å². The Morgan fingerprint density at radius 1 is 1.73 bits per heavy atom. The van der Waals surface area contributed by atoms with Gasteiger partial charge in [0, 0.05) is 11.6 Å². The third-order valence-corrected chi connectivity index (χ3v) is 3.40. The standard InChI is InChI=1S/C5H6FNO2S2/c1-4(11(6,8)9)5-7-2-3-10-5/h2-4H,1H3. The number of thiazole rings is 1. The van der Waals surface area contributed by atoms with E-state index in [1.165, 1.54) is 13.1 Å². The number of rotatable bonds is 2. The maximum atomic E-state index is 12.3. The molecule has 0 radical (unpaired) electrons. The van der Waals surface area contributed by atoms with E-state index in [-0.39, 0.29) is 5.01 Å². The largest absolute Gasteiger partial charge is 0.311 e. The molecule has 62 valence electrons. The van der Waals surface area contributed by atoms with Gasteiger partial charge < -0.3 is 0 Å². The monoisotopic (exact) mass is 195 g/mol. The van der Waals surface area contributed by atoms with Gasteiger partial charge in [0.05, 0.1) is 0 Å². The molecule has 0 N–H and O–H groups in total. The molecular weight excluding hydrogens is 189 g/mol. The summed E-state index contributed by atoms with van der Waals surface area (Å²) in [6, 6.07) is 0. The zero-order valence-electron chi connectivity index (χ0n) is 5.69. The van der Waals surface area contributed by atoms with E-state index < -0.39 is 15.5 Å². The average Bonchev–Trinajstić information content (AvgIpc) is 2.34. The third-order valence-electron chi connectivity index (χ3n) is 1.22. The number of hydrogen-bond donors (Lipinski definition) is 0. The second kappa shape index (κ2) is 2.86. The summed E-state index contributed by atoms with van der Waals surface area (Å²) in [4.78, 5) is 3.68. The van der Waals surface area contributed by atoms with Crippen LogP contribution < -0.4 is 0 Å². The summed E-state index contributed by atoms with van der Waals surface area (Å²) in [5, 5.41) is 0.756. The van der Waals surface area contributed by atoms with Crippen LogP contribution in [0.5, 0.6) is 0 Å². The van der Waals surface area contributed by atoms with Crippen LogP contribution in [0.25, 0.3) is 0 Å². The van der Waals surface area contributed by atoms with Crippen molar-refractivity contribution in [3.8, 4) is 0 Å². The number of halogens is 1. The first kappa shape index (κ1) is 8.61. The predicted octanol–water partition coefficient (Wildman–Crippen LogP) is 1.50. The molecule has 11 heavy (non-hydrogen) atoms. The van der Waals surface area contributed by atoms with Gasteiger partial charge >= 0.3 is 10.2 Å². The highest BCUT2D eigenvalue weighted by molar-refractivity contribution is 7.86. The summed E-state index contributed by atoms with van der Waals surface area (Å²) in [5.74, 6) is 0. The summed E-state index contributed by atoms with van der Waals surface area (Å²) >= 11 is 1.13. The van der Waals surface area contributed by atoms with Gasteiger partial charge in [0.2, 0.25) is 0 Å². The lowest BCUT2D eigenvalue weighted by Crippen LogP contribution is -2.02. The first-order chi connectivity index (χ1) is 5.02. The molecular formula is C5H6FNO2S2. The van der Waals surface area contributed by atoms with Gasteiger partial charge in [-0.1, -0.05) is 0 Å². The van der Waals surface area contributed by atoms with Crippen LogP contribution in [0.4, 0.5) is 3.89 Å². The van der Waals surface area contributed by atoms with E-state index in [1.807, 2.05) is 0 Å². The van der Waals surface area contributed by atoms with Gasteiger partial charge in [-0.25, -0.2) is 4.98 Å². The van der Waals surface area contributed by atoms with Crippen molar-refractivity contribution in [2.45, 2.75) is 12.2 Å². The Bertz CT molecular complexity index is 318. The maximum absolute atomic E-state index is 12.3. The Kier molecular flexibility index (Phi) is 2.24. The fourth-order valence-corrected chi connectivity index (χ4v) is 1.94. The van der Waals surface area contributed by atoms with Crippen LogP contribution in [0.2, 0.25) is 0 Å². The molecule has 3 nitrogen and oxygen atoms in total. The fourth-order valence-electron chi connectivity index (χ4n) is 0.556. The molecule has 0 amide bonds. The summed E-state index contributed by atoms with van der Waals surface area (Å²) in [7, 11) is -4.48. The minimum absolute atomic E-state index is 0.285. The molecule has 1 rings (SSSR count). The Labute approximate surface area is 68.1 Å². The quantitative estimate of drug-likeness (QED) is 0.672. The second-order valence-corrected chi connectivity index (χ2v) is 4.57. The molecule has 0 saturated heterocycles. The van der Waals surface area contributed by atoms with Crippen molar-refractivity contribution < 1.29 is 12.3 Å². The van der Waals surface area contributed by atoms with Crippen LogP contribution in [0, 0.1) is 0 Å². The van der Waals surface area contributed by atoms with Crippen LogP contribution in [0.15, 0.2) is 11.6 Å². The first-order valence-corrected chi connectivity index (χ1v) is 5.17. The molecule has 1 atom stereocenters. The van der Waals surface area contributed by atoms with Gasteiger partial charge in [-0.2, -0.15) is 8.42 Å². The molecule has 0 aliphatic rings. The smallest absolute Gasteiger partial charge is 0.248 e. The van der Waals surface area contributed by atoms with Gasteiger partial charge in [0.15, 0.2) is 0 Å². The fraction of sp³-hybridized carbons (Fsp3) is 0.400. The van der Waals surface area contributed by atoms with Crippen LogP contribution in [0.3, 0.4) is 0 Å². The minimum atomic E-state index is -4.48. The van der Waals surface area contributed by atoms with Crippen molar-refractivity contribution in [1.82, 2.24) is 4.98 Å². The average molecular weight is 195 g/mol. The lowest BCUT2D eigenvalue weighted by Gasteiger charge is -1.99. The number of nitrogens with zero attached hydrogens (tertiary/aromatic N) is 1. The molecule has 0 aromatic carbocycles. The highest BCUT2D eigenvalue weighted by atomic mass is 32.3. The summed E-state index contributed by atoms with van der Waals surface area (Å²) in [6.45, 7) is 1.27. The topological polar surface area (TPSA) is 47.0 Å². The first-order valence-electron chi connectivity index (χ1n) is 2.84. The molecule has 0 fully saturated rings. The van der Waals surface area contributed by atoms with Crippen molar-refractivity contribution in [3.05, 3.63) is 16.6 Å². The van der Waals surface area contributed by atoms with Crippen molar-refractivity contribution in [3.63, 3.8) is 0 Å². The highest BCUT2D eigenvalue weighted by Gasteiger charge is 2.23. The number of hydrogen-bond acceptors (Lipinski definition) is 4. The zero-order chi connectivity index (χ0) is 8.48. The second-order valence-electron chi connectivity index (χ2n) is 1.99. The van der Waals surface area contributed by atoms with Crippen molar-refractivity contribution in [2.24, 2.45) is 0 Å². The number of aromatic nitrogens is 1. The molecule has 1 unspecified atom stereocenters. The molecule has 0 spiro atoms.